The van der Waals surface area contributed by atoms with E-state index in [0.717, 1.165) is 29.3 Å². The van der Waals surface area contributed by atoms with Crippen molar-refractivity contribution < 1.29 is 18.7 Å². The van der Waals surface area contributed by atoms with Gasteiger partial charge in [0.1, 0.15) is 17.2 Å². The number of benzene rings is 2. The van der Waals surface area contributed by atoms with Crippen LogP contribution in [0.4, 0.5) is 14.5 Å². The second kappa shape index (κ2) is 7.67. The molecule has 7 nitrogen and oxygen atoms in total. The Kier molecular flexibility index (Phi) is 5.19. The summed E-state index contributed by atoms with van der Waals surface area (Å²) >= 11 is 6.57. The van der Waals surface area contributed by atoms with E-state index in [1.807, 2.05) is 5.01 Å². The summed E-state index contributed by atoms with van der Waals surface area (Å²) in [4.78, 5) is 24.3. The molecule has 30 heavy (non-hydrogen) atoms. The normalized spacial score (nSPS) is 16.9. The van der Waals surface area contributed by atoms with Crippen LogP contribution in [0.2, 0.25) is 5.02 Å². The number of carboxylic acids is 1. The molecule has 0 saturated carbocycles. The van der Waals surface area contributed by atoms with Gasteiger partial charge in [0, 0.05) is 36.8 Å². The summed E-state index contributed by atoms with van der Waals surface area (Å²) < 4.78 is 29.1. The number of fused-ring (bicyclic) bond motifs is 1. The van der Waals surface area contributed by atoms with Crippen molar-refractivity contribution in [2.24, 2.45) is 5.73 Å². The predicted octanol–water partition coefficient (Wildman–Crippen LogP) is 2.98. The maximum absolute atomic E-state index is 14.5. The van der Waals surface area contributed by atoms with Crippen LogP contribution in [-0.4, -0.2) is 39.8 Å². The zero-order valence-corrected chi connectivity index (χ0v) is 16.3. The van der Waals surface area contributed by atoms with Crippen molar-refractivity contribution in [1.82, 2.24) is 9.58 Å². The average molecular weight is 435 g/mol. The molecule has 3 aromatic rings. The molecule has 0 radical (unpaired) electrons. The number of halogens is 3. The number of carbonyl (C=O) groups is 1. The molecule has 0 bridgehead atoms. The molecule has 4 N–H and O–H groups in total. The first kappa shape index (κ1) is 20.3. The molecule has 1 aliphatic rings. The molecule has 156 valence electrons. The van der Waals surface area contributed by atoms with E-state index in [1.54, 1.807) is 6.07 Å². The van der Waals surface area contributed by atoms with E-state index in [4.69, 9.17) is 17.3 Å². The number of nitrogens with two attached hydrogens (primary N) is 1. The van der Waals surface area contributed by atoms with Gasteiger partial charge >= 0.3 is 5.97 Å². The molecule has 2 aromatic carbocycles. The first-order chi connectivity index (χ1) is 14.3. The molecule has 1 fully saturated rings. The Morgan fingerprint density at radius 3 is 2.67 bits per heavy atom. The number of nitrogens with one attached hydrogen (secondary N) is 1. The molecule has 0 spiro atoms. The van der Waals surface area contributed by atoms with E-state index in [9.17, 15) is 23.5 Å². The van der Waals surface area contributed by atoms with E-state index in [0.29, 0.717) is 24.8 Å². The second-order valence-corrected chi connectivity index (χ2v) is 7.45. The summed E-state index contributed by atoms with van der Waals surface area (Å²) in [6.45, 7) is 1.28. The molecule has 4 rings (SSSR count). The largest absolute Gasteiger partial charge is 0.477 e. The van der Waals surface area contributed by atoms with Gasteiger partial charge in [-0.1, -0.05) is 11.6 Å². The maximum atomic E-state index is 14.5. The lowest BCUT2D eigenvalue weighted by Gasteiger charge is -2.21. The summed E-state index contributed by atoms with van der Waals surface area (Å²) in [5, 5.41) is 11.4. The van der Waals surface area contributed by atoms with Crippen LogP contribution in [0.5, 0.6) is 0 Å². The fraction of sp³-hybridized carbons (Fsp3) is 0.200. The van der Waals surface area contributed by atoms with Crippen LogP contribution < -0.4 is 16.6 Å². The van der Waals surface area contributed by atoms with Crippen LogP contribution in [0.1, 0.15) is 16.8 Å². The molecule has 0 aliphatic carbocycles. The zero-order valence-electron chi connectivity index (χ0n) is 15.5. The maximum Gasteiger partial charge on any atom is 0.341 e. The molecule has 10 heteroatoms. The van der Waals surface area contributed by atoms with Crippen LogP contribution in [0, 0.1) is 11.6 Å². The van der Waals surface area contributed by atoms with Crippen LogP contribution in [0.25, 0.3) is 16.6 Å². The van der Waals surface area contributed by atoms with Crippen LogP contribution in [0.15, 0.2) is 41.3 Å². The number of carboxylic acid groups (broad SMARTS) is 1. The standard InChI is InChI=1S/C20H17ClF2N4O3/c21-17-15(25-26-6-5-11(24)8-26)3-2-12-18(17)27(9-13(19(12)28)20(29)30)16-4-1-10(22)7-14(16)23/h1-4,7,9,11,25H,5-6,8,24H2,(H,29,30). The Balaban J connectivity index is 1.97. The van der Waals surface area contributed by atoms with Gasteiger partial charge in [0.05, 0.1) is 21.9 Å². The number of pyridine rings is 1. The third kappa shape index (κ3) is 3.51. The Hall–Kier alpha value is -3.01. The van der Waals surface area contributed by atoms with Crippen molar-refractivity contribution in [2.45, 2.75) is 12.5 Å². The van der Waals surface area contributed by atoms with Crippen molar-refractivity contribution in [3.8, 4) is 5.69 Å². The predicted molar refractivity (Wildman–Crippen MR) is 109 cm³/mol. The molecule has 1 aromatic heterocycles. The topological polar surface area (TPSA) is 101 Å². The number of nitrogens with zero attached hydrogens (tertiary/aromatic N) is 2. The van der Waals surface area contributed by atoms with Crippen molar-refractivity contribution in [3.63, 3.8) is 0 Å². The molecule has 1 atom stereocenters. The van der Waals surface area contributed by atoms with Gasteiger partial charge in [-0.05, 0) is 30.7 Å². The lowest BCUT2D eigenvalue weighted by Crippen LogP contribution is -2.31. The molecule has 2 heterocycles. The SMILES string of the molecule is NC1CCN(Nc2ccc3c(=O)c(C(=O)O)cn(-c4ccc(F)cc4F)c3c2Cl)C1. The second-order valence-electron chi connectivity index (χ2n) is 7.07. The fourth-order valence-electron chi connectivity index (χ4n) is 3.55. The number of anilines is 1. The molecule has 1 unspecified atom stereocenters. The lowest BCUT2D eigenvalue weighted by atomic mass is 10.1. The lowest BCUT2D eigenvalue weighted by molar-refractivity contribution is 0.0695. The average Bonchev–Trinajstić information content (AvgIpc) is 3.09. The van der Waals surface area contributed by atoms with Crippen molar-refractivity contribution in [2.75, 3.05) is 18.5 Å². The summed E-state index contributed by atoms with van der Waals surface area (Å²) in [7, 11) is 0. The van der Waals surface area contributed by atoms with Gasteiger partial charge in [-0.2, -0.15) is 0 Å². The van der Waals surface area contributed by atoms with Crippen LogP contribution in [-0.2, 0) is 0 Å². The Morgan fingerprint density at radius 1 is 1.27 bits per heavy atom. The first-order valence-electron chi connectivity index (χ1n) is 9.10. The summed E-state index contributed by atoms with van der Waals surface area (Å²) in [5.74, 6) is -3.20. The summed E-state index contributed by atoms with van der Waals surface area (Å²) in [5.41, 5.74) is 8.12. The minimum absolute atomic E-state index is 0.00713. The summed E-state index contributed by atoms with van der Waals surface area (Å²) in [6, 6.07) is 5.84. The quantitative estimate of drug-likeness (QED) is 0.583. The van der Waals surface area contributed by atoms with Crippen molar-refractivity contribution in [1.29, 1.82) is 0 Å². The van der Waals surface area contributed by atoms with Crippen LogP contribution >= 0.6 is 11.6 Å². The number of aromatic nitrogens is 1. The first-order valence-corrected chi connectivity index (χ1v) is 9.48. The van der Waals surface area contributed by atoms with Gasteiger partial charge in [0.15, 0.2) is 0 Å². The fourth-order valence-corrected chi connectivity index (χ4v) is 3.84. The van der Waals surface area contributed by atoms with Gasteiger partial charge in [0.2, 0.25) is 5.43 Å². The molecular weight excluding hydrogens is 418 g/mol. The van der Waals surface area contributed by atoms with E-state index < -0.39 is 28.6 Å². The molecule has 1 saturated heterocycles. The minimum atomic E-state index is -1.47. The van der Waals surface area contributed by atoms with Gasteiger partial charge in [-0.25, -0.2) is 18.6 Å². The Morgan fingerprint density at radius 2 is 2.03 bits per heavy atom. The van der Waals surface area contributed by atoms with E-state index in [2.05, 4.69) is 5.43 Å². The highest BCUT2D eigenvalue weighted by Gasteiger charge is 2.23. The summed E-state index contributed by atoms with van der Waals surface area (Å²) in [6.07, 6.45) is 1.79. The third-order valence-corrected chi connectivity index (χ3v) is 5.39. The highest BCUT2D eigenvalue weighted by Crippen LogP contribution is 2.33. The monoisotopic (exact) mass is 434 g/mol. The zero-order chi connectivity index (χ0) is 21.6. The molecule has 0 amide bonds. The Labute approximate surface area is 174 Å². The van der Waals surface area contributed by atoms with E-state index >= 15 is 0 Å². The van der Waals surface area contributed by atoms with Gasteiger partial charge in [-0.3, -0.25) is 4.79 Å². The van der Waals surface area contributed by atoms with Crippen molar-refractivity contribution >= 4 is 34.2 Å². The van der Waals surface area contributed by atoms with Gasteiger partial charge in [0.25, 0.3) is 0 Å². The number of hydrogen-bond donors (Lipinski definition) is 3. The van der Waals surface area contributed by atoms with E-state index in [1.165, 1.54) is 6.07 Å². The number of hydrogen-bond acceptors (Lipinski definition) is 5. The highest BCUT2D eigenvalue weighted by molar-refractivity contribution is 6.38. The smallest absolute Gasteiger partial charge is 0.341 e. The third-order valence-electron chi connectivity index (χ3n) is 5.01. The molecular formula is C20H17ClF2N4O3. The number of aromatic carboxylic acids is 1. The minimum Gasteiger partial charge on any atom is -0.477 e. The van der Waals surface area contributed by atoms with Gasteiger partial charge in [-0.15, -0.1) is 0 Å². The number of rotatable bonds is 4. The Bertz CT molecular complexity index is 1230. The van der Waals surface area contributed by atoms with Gasteiger partial charge < -0.3 is 20.8 Å². The van der Waals surface area contributed by atoms with E-state index in [-0.39, 0.29) is 27.7 Å². The van der Waals surface area contributed by atoms with Crippen molar-refractivity contribution in [3.05, 3.63) is 69.0 Å². The highest BCUT2D eigenvalue weighted by atomic mass is 35.5. The van der Waals surface area contributed by atoms with Crippen LogP contribution in [0.3, 0.4) is 0 Å². The number of hydrazine groups is 1. The molecule has 1 aliphatic heterocycles.